The Morgan fingerprint density at radius 2 is 0.907 bits per heavy atom. The van der Waals surface area contributed by atoms with Gasteiger partial charge in [0.25, 0.3) is 0 Å². The molecule has 3 atom stereocenters. The summed E-state index contributed by atoms with van der Waals surface area (Å²) in [4.78, 5) is 4.99. The van der Waals surface area contributed by atoms with E-state index in [4.69, 9.17) is 29.1 Å². The molecule has 5 aromatic carbocycles. The van der Waals surface area contributed by atoms with Gasteiger partial charge in [-0.05, 0) is 66.8 Å². The van der Waals surface area contributed by atoms with Gasteiger partial charge in [0.2, 0.25) is 0 Å². The summed E-state index contributed by atoms with van der Waals surface area (Å²) in [5.41, 5.74) is 0.625. The number of nitrogens with zero attached hydrogens (tertiary/aromatic N) is 1. The van der Waals surface area contributed by atoms with Crippen LogP contribution in [-0.4, -0.2) is 24.2 Å². The van der Waals surface area contributed by atoms with E-state index in [-0.39, 0.29) is 32.2 Å². The van der Waals surface area contributed by atoms with Gasteiger partial charge >= 0.3 is 34.5 Å². The number of rotatable bonds is 8. The molecule has 8 rings (SSSR count). The number of halogens is 2. The first-order chi connectivity index (χ1) is 26.1. The molecule has 0 saturated heterocycles. The Balaban J connectivity index is 0.000000203. The van der Waals surface area contributed by atoms with Crippen LogP contribution in [-0.2, 0) is 37.0 Å². The summed E-state index contributed by atoms with van der Waals surface area (Å²) in [5, 5.41) is 7.15. The van der Waals surface area contributed by atoms with Gasteiger partial charge in [-0.1, -0.05) is 204 Å². The van der Waals surface area contributed by atoms with E-state index in [0.29, 0.717) is 23.5 Å². The van der Waals surface area contributed by atoms with Crippen LogP contribution in [0.3, 0.4) is 0 Å². The third kappa shape index (κ3) is 13.7. The minimum Gasteiger partial charge on any atom is -0.0622 e. The predicted molar refractivity (Wildman–Crippen MR) is 232 cm³/mol. The van der Waals surface area contributed by atoms with Gasteiger partial charge in [0, 0.05) is 23.0 Å². The van der Waals surface area contributed by atoms with E-state index in [1.807, 2.05) is 0 Å². The average Bonchev–Trinajstić information content (AvgIpc) is 4.03. The van der Waals surface area contributed by atoms with Crippen molar-refractivity contribution in [3.8, 4) is 0 Å². The van der Waals surface area contributed by atoms with Gasteiger partial charge in [0.05, 0.1) is 6.04 Å². The largest absolute Gasteiger partial charge is 0.0622 e. The second-order valence-corrected chi connectivity index (χ2v) is 21.2. The molecule has 1 heterocycles. The molecule has 0 radical (unpaired) electrons. The molecule has 5 aromatic rings. The summed E-state index contributed by atoms with van der Waals surface area (Å²) in [5.74, 6) is 2.08. The summed E-state index contributed by atoms with van der Waals surface area (Å²) in [6, 6.07) is 54.8. The minimum atomic E-state index is -0.446. The molecule has 8 heteroatoms. The molecule has 2 aliphatic carbocycles. The Morgan fingerprint density at radius 3 is 1.24 bits per heavy atom. The van der Waals surface area contributed by atoms with Crippen LogP contribution < -0.4 is 26.5 Å². The van der Waals surface area contributed by atoms with Crippen LogP contribution in [0.5, 0.6) is 0 Å². The summed E-state index contributed by atoms with van der Waals surface area (Å²) in [6.45, 7) is 5.26. The molecule has 0 amide bonds. The van der Waals surface area contributed by atoms with Crippen molar-refractivity contribution in [2.24, 2.45) is 16.8 Å². The van der Waals surface area contributed by atoms with E-state index >= 15 is 0 Å². The van der Waals surface area contributed by atoms with Crippen molar-refractivity contribution in [3.05, 3.63) is 152 Å². The normalized spacial score (nSPS) is 18.6. The van der Waals surface area contributed by atoms with Crippen molar-refractivity contribution in [2.45, 2.75) is 76.9 Å². The zero-order valence-corrected chi connectivity index (χ0v) is 37.5. The standard InChI is InChI=1S/C23H28NOP.C18H15P.C5H10.2ClH.Fe.Ru/c1-17(2)21-16-25-23(24-21)20-14-9-15-22(20)26(18-10-5-3-6-11-18)19-12-7-4-8-13-19;1-4-10-16(11-5-1)19(17-12-6-2-7-13-17)18-14-8-3-9-15-18;1-2-4-5-3-1;;;;/h3-8,10-13,17,20-22H,9,14-16H2,1-2H3;1-15H;1-5H2;2*1H;;/q;;;;;;+2/p-2/t20?,21-,22?;;;;;;/m1....../s1. The van der Waals surface area contributed by atoms with Gasteiger partial charge in [-0.25, -0.2) is 4.99 Å². The van der Waals surface area contributed by atoms with Crippen molar-refractivity contribution in [2.75, 3.05) is 6.61 Å². The van der Waals surface area contributed by atoms with Crippen molar-refractivity contribution >= 4 is 67.6 Å². The maximum Gasteiger partial charge on any atom is 0 e. The molecule has 0 spiro atoms. The van der Waals surface area contributed by atoms with Crippen LogP contribution in [0.25, 0.3) is 0 Å². The third-order valence-corrected chi connectivity index (χ3v) is 15.4. The number of ether oxygens (including phenoxy) is 1. The monoisotopic (exact) mass is 925 g/mol. The van der Waals surface area contributed by atoms with E-state index in [9.17, 15) is 0 Å². The molecule has 3 aliphatic rings. The smallest absolute Gasteiger partial charge is 0 e. The minimum absolute atomic E-state index is 0. The van der Waals surface area contributed by atoms with Gasteiger partial charge in [-0.15, -0.1) is 0 Å². The van der Waals surface area contributed by atoms with Crippen LogP contribution in [0.2, 0.25) is 0 Å². The summed E-state index contributed by atoms with van der Waals surface area (Å²) < 4.78 is 6.12. The van der Waals surface area contributed by atoms with Crippen LogP contribution in [0, 0.1) is 11.8 Å². The Morgan fingerprint density at radius 1 is 0.556 bits per heavy atom. The van der Waals surface area contributed by atoms with Gasteiger partial charge in [-0.2, -0.15) is 0 Å². The fourth-order valence-electron chi connectivity index (χ4n) is 7.26. The molecule has 288 valence electrons. The molecule has 1 aliphatic heterocycles. The summed E-state index contributed by atoms with van der Waals surface area (Å²) in [7, 11) is 8.86. The van der Waals surface area contributed by atoms with Gasteiger partial charge < -0.3 is 4.74 Å². The van der Waals surface area contributed by atoms with Crippen molar-refractivity contribution in [1.29, 1.82) is 0 Å². The molecule has 2 nitrogen and oxygen atoms in total. The second kappa shape index (κ2) is 25.4. The van der Waals surface area contributed by atoms with Crippen molar-refractivity contribution < 1.29 is 37.0 Å². The average molecular weight is 926 g/mol. The van der Waals surface area contributed by atoms with Crippen LogP contribution in [0.15, 0.2) is 157 Å². The SMILES string of the molecule is C1CCCC1.CC(C)[C@H]1COC(C2CCCC2P(c2ccccc2)c2ccccc2)=N1.[Cl][Ru][Cl].[Fe].c1ccc(P(c2ccccc2)c2ccccc2)cc1. The first-order valence-corrected chi connectivity index (χ1v) is 26.2. The molecule has 0 N–H and O–H groups in total. The molecule has 2 unspecified atom stereocenters. The van der Waals surface area contributed by atoms with E-state index in [1.54, 1.807) is 0 Å². The second-order valence-electron chi connectivity index (χ2n) is 13.9. The number of aliphatic imine (C=N–C) groups is 1. The topological polar surface area (TPSA) is 21.6 Å². The van der Waals surface area contributed by atoms with Crippen LogP contribution >= 0.6 is 35.2 Å². The van der Waals surface area contributed by atoms with E-state index in [1.165, 1.54) is 77.9 Å². The Bertz CT molecular complexity index is 1600. The van der Waals surface area contributed by atoms with Crippen molar-refractivity contribution in [3.63, 3.8) is 0 Å². The number of hydrogen-bond acceptors (Lipinski definition) is 2. The Hall–Kier alpha value is -1.85. The van der Waals surface area contributed by atoms with Crippen LogP contribution in [0.1, 0.15) is 65.2 Å². The maximum absolute atomic E-state index is 6.12. The third-order valence-electron chi connectivity index (χ3n) is 9.95. The molecule has 0 bridgehead atoms. The van der Waals surface area contributed by atoms with E-state index < -0.39 is 15.8 Å². The Labute approximate surface area is 354 Å². The van der Waals surface area contributed by atoms with Gasteiger partial charge in [-0.3, -0.25) is 0 Å². The van der Waals surface area contributed by atoms with Gasteiger partial charge in [0.1, 0.15) is 6.61 Å². The first-order valence-electron chi connectivity index (χ1n) is 19.0. The van der Waals surface area contributed by atoms with E-state index in [0.717, 1.165) is 12.5 Å². The molecular weight excluding hydrogens is 872 g/mol. The van der Waals surface area contributed by atoms with Crippen molar-refractivity contribution in [1.82, 2.24) is 0 Å². The number of hydrogen-bond donors (Lipinski definition) is 0. The Kier molecular flexibility index (Phi) is 21.1. The summed E-state index contributed by atoms with van der Waals surface area (Å²) >= 11 is -0.346. The summed E-state index contributed by atoms with van der Waals surface area (Å²) in [6.07, 6.45) is 11.3. The molecule has 2 fully saturated rings. The molecule has 54 heavy (non-hydrogen) atoms. The fourth-order valence-corrected chi connectivity index (χ4v) is 12.7. The molecule has 0 aromatic heterocycles. The van der Waals surface area contributed by atoms with E-state index in [2.05, 4.69) is 166 Å². The predicted octanol–water partition coefficient (Wildman–Crippen LogP) is 11.5. The first kappa shape index (κ1) is 44.9. The quantitative estimate of drug-likeness (QED) is 0.112. The number of benzene rings is 5. The molecular formula is C46H53Cl2FeNOP2Ru. The zero-order chi connectivity index (χ0) is 37.1. The molecule has 2 saturated carbocycles. The van der Waals surface area contributed by atoms with Crippen LogP contribution in [0.4, 0.5) is 0 Å². The zero-order valence-electron chi connectivity index (χ0n) is 31.3. The maximum atomic E-state index is 6.12. The fraction of sp³-hybridized carbons (Fsp3) is 0.326. The van der Waals surface area contributed by atoms with Gasteiger partial charge in [0.15, 0.2) is 5.90 Å².